The molecule has 0 saturated carbocycles. The Morgan fingerprint density at radius 2 is 2.08 bits per heavy atom. The number of carboxylic acids is 1. The lowest BCUT2D eigenvalue weighted by Crippen LogP contribution is -2.36. The standard InChI is InChI=1S/C25H23FN6O4/c1-36-21-4-6-27-13-19(21)17-11-16(23(26)24-18(17)12-20(29-24)25(34)35)15-3-2-8-31(14-15)22(33)5-9-32-10-7-28-30-32/h3-4,6-7,10-13,29H,2,5,8-9,14H2,1H3,(H,34,35). The third kappa shape index (κ3) is 4.30. The van der Waals surface area contributed by atoms with Crippen LogP contribution in [0.1, 0.15) is 28.9 Å². The van der Waals surface area contributed by atoms with Crippen molar-refractivity contribution in [2.24, 2.45) is 0 Å². The van der Waals surface area contributed by atoms with Crippen molar-refractivity contribution in [1.29, 1.82) is 0 Å². The number of rotatable bonds is 7. The van der Waals surface area contributed by atoms with E-state index in [9.17, 15) is 14.7 Å². The van der Waals surface area contributed by atoms with Crippen LogP contribution in [-0.2, 0) is 11.3 Å². The van der Waals surface area contributed by atoms with E-state index in [4.69, 9.17) is 4.74 Å². The van der Waals surface area contributed by atoms with Crippen LogP contribution in [-0.4, -0.2) is 67.0 Å². The molecular weight excluding hydrogens is 467 g/mol. The van der Waals surface area contributed by atoms with Crippen LogP contribution in [0.5, 0.6) is 5.75 Å². The number of benzene rings is 1. The van der Waals surface area contributed by atoms with Gasteiger partial charge in [0.1, 0.15) is 11.4 Å². The number of nitrogens with zero attached hydrogens (tertiary/aromatic N) is 5. The van der Waals surface area contributed by atoms with E-state index in [1.807, 2.05) is 6.08 Å². The van der Waals surface area contributed by atoms with Crippen LogP contribution >= 0.6 is 0 Å². The van der Waals surface area contributed by atoms with Gasteiger partial charge in [-0.05, 0) is 35.8 Å². The van der Waals surface area contributed by atoms with E-state index < -0.39 is 11.8 Å². The number of methoxy groups -OCH3 is 1. The quantitative estimate of drug-likeness (QED) is 0.407. The van der Waals surface area contributed by atoms with Crippen LogP contribution in [0, 0.1) is 5.82 Å². The van der Waals surface area contributed by atoms with Gasteiger partial charge >= 0.3 is 5.97 Å². The molecule has 0 aliphatic carbocycles. The highest BCUT2D eigenvalue weighted by atomic mass is 19.1. The number of hydrogen-bond donors (Lipinski definition) is 2. The Labute approximate surface area is 205 Å². The van der Waals surface area contributed by atoms with Gasteiger partial charge in [0.05, 0.1) is 25.4 Å². The summed E-state index contributed by atoms with van der Waals surface area (Å²) in [5.74, 6) is -1.33. The van der Waals surface area contributed by atoms with Crippen LogP contribution in [0.4, 0.5) is 4.39 Å². The van der Waals surface area contributed by atoms with Crippen LogP contribution in [0.3, 0.4) is 0 Å². The lowest BCUT2D eigenvalue weighted by atomic mass is 9.93. The second-order valence-electron chi connectivity index (χ2n) is 8.39. The summed E-state index contributed by atoms with van der Waals surface area (Å²) < 4.78 is 22.9. The maximum absolute atomic E-state index is 15.8. The first-order valence-electron chi connectivity index (χ1n) is 11.3. The number of carbonyl (C=O) groups excluding carboxylic acids is 1. The van der Waals surface area contributed by atoms with Crippen molar-refractivity contribution < 1.29 is 23.8 Å². The van der Waals surface area contributed by atoms with Crippen molar-refractivity contribution in [1.82, 2.24) is 29.9 Å². The SMILES string of the molecule is COc1ccncc1-c1cc(C2=CCCN(C(=O)CCn3ccnn3)C2)c(F)c2[nH]c(C(=O)O)cc12. The average molecular weight is 490 g/mol. The highest BCUT2D eigenvalue weighted by molar-refractivity contribution is 6.03. The van der Waals surface area contributed by atoms with Gasteiger partial charge in [-0.15, -0.1) is 5.10 Å². The molecule has 0 atom stereocenters. The van der Waals surface area contributed by atoms with Gasteiger partial charge in [-0.25, -0.2) is 9.18 Å². The molecule has 11 heteroatoms. The van der Waals surface area contributed by atoms with Gasteiger partial charge in [0.15, 0.2) is 5.82 Å². The number of ether oxygens (including phenoxy) is 1. The van der Waals surface area contributed by atoms with Crippen molar-refractivity contribution in [2.75, 3.05) is 20.2 Å². The number of carboxylic acid groups (broad SMARTS) is 1. The summed E-state index contributed by atoms with van der Waals surface area (Å²) in [6, 6.07) is 4.76. The Balaban J connectivity index is 1.54. The summed E-state index contributed by atoms with van der Waals surface area (Å²) in [5, 5.41) is 17.5. The van der Waals surface area contributed by atoms with Gasteiger partial charge in [0.2, 0.25) is 5.91 Å². The van der Waals surface area contributed by atoms with Crippen molar-refractivity contribution in [2.45, 2.75) is 19.4 Å². The molecule has 0 bridgehead atoms. The number of amides is 1. The molecule has 10 nitrogen and oxygen atoms in total. The Hall–Kier alpha value is -4.54. The minimum absolute atomic E-state index is 0.0697. The molecule has 5 rings (SSSR count). The zero-order valence-corrected chi connectivity index (χ0v) is 19.4. The van der Waals surface area contributed by atoms with Crippen LogP contribution < -0.4 is 4.74 Å². The van der Waals surface area contributed by atoms with E-state index in [0.717, 1.165) is 0 Å². The molecule has 4 aromatic rings. The summed E-state index contributed by atoms with van der Waals surface area (Å²) in [6.45, 7) is 1.16. The average Bonchev–Trinajstić information content (AvgIpc) is 3.58. The fraction of sp³-hybridized carbons (Fsp3) is 0.240. The van der Waals surface area contributed by atoms with Gasteiger partial charge in [-0.3, -0.25) is 14.5 Å². The van der Waals surface area contributed by atoms with E-state index >= 15 is 4.39 Å². The molecule has 0 unspecified atom stereocenters. The Bertz CT molecular complexity index is 1480. The van der Waals surface area contributed by atoms with Gasteiger partial charge in [0.25, 0.3) is 0 Å². The fourth-order valence-electron chi connectivity index (χ4n) is 4.47. The molecule has 4 heterocycles. The van der Waals surface area contributed by atoms with Crippen molar-refractivity contribution >= 4 is 28.4 Å². The van der Waals surface area contributed by atoms with E-state index in [-0.39, 0.29) is 35.6 Å². The van der Waals surface area contributed by atoms with Crippen molar-refractivity contribution in [3.8, 4) is 16.9 Å². The summed E-state index contributed by atoms with van der Waals surface area (Å²) in [4.78, 5) is 33.1. The van der Waals surface area contributed by atoms with Crippen molar-refractivity contribution in [3.05, 3.63) is 66.1 Å². The van der Waals surface area contributed by atoms with E-state index in [1.54, 1.807) is 46.5 Å². The predicted octanol–water partition coefficient (Wildman–Crippen LogP) is 3.37. The number of nitrogens with one attached hydrogen (secondary N) is 1. The Morgan fingerprint density at radius 1 is 1.22 bits per heavy atom. The molecule has 184 valence electrons. The molecule has 1 amide bonds. The number of hydrogen-bond acceptors (Lipinski definition) is 6. The molecule has 3 aromatic heterocycles. The highest BCUT2D eigenvalue weighted by Gasteiger charge is 2.25. The number of aromatic amines is 1. The monoisotopic (exact) mass is 490 g/mol. The third-order valence-electron chi connectivity index (χ3n) is 6.25. The van der Waals surface area contributed by atoms with Gasteiger partial charge in [-0.1, -0.05) is 11.3 Å². The largest absolute Gasteiger partial charge is 0.496 e. The zero-order valence-electron chi connectivity index (χ0n) is 19.4. The van der Waals surface area contributed by atoms with Crippen molar-refractivity contribution in [3.63, 3.8) is 0 Å². The van der Waals surface area contributed by atoms with Crippen LogP contribution in [0.25, 0.3) is 27.6 Å². The molecule has 0 radical (unpaired) electrons. The van der Waals surface area contributed by atoms with Gasteiger partial charge < -0.3 is 19.7 Å². The Kier molecular flexibility index (Phi) is 6.19. The fourth-order valence-corrected chi connectivity index (χ4v) is 4.47. The lowest BCUT2D eigenvalue weighted by Gasteiger charge is -2.28. The summed E-state index contributed by atoms with van der Waals surface area (Å²) in [5.41, 5.74) is 2.04. The maximum atomic E-state index is 15.8. The first kappa shape index (κ1) is 23.2. The number of aromatic carboxylic acids is 1. The van der Waals surface area contributed by atoms with E-state index in [2.05, 4.69) is 20.3 Å². The summed E-state index contributed by atoms with van der Waals surface area (Å²) >= 11 is 0. The van der Waals surface area contributed by atoms with Crippen LogP contribution in [0.15, 0.2) is 49.1 Å². The minimum Gasteiger partial charge on any atom is -0.496 e. The predicted molar refractivity (Wildman–Crippen MR) is 129 cm³/mol. The zero-order chi connectivity index (χ0) is 25.2. The highest BCUT2D eigenvalue weighted by Crippen LogP contribution is 2.39. The number of carbonyl (C=O) groups is 2. The number of fused-ring (bicyclic) bond motifs is 1. The normalized spacial score (nSPS) is 13.6. The second kappa shape index (κ2) is 9.61. The maximum Gasteiger partial charge on any atom is 0.352 e. The minimum atomic E-state index is -1.20. The second-order valence-corrected chi connectivity index (χ2v) is 8.39. The first-order valence-corrected chi connectivity index (χ1v) is 11.3. The molecule has 0 fully saturated rings. The lowest BCUT2D eigenvalue weighted by molar-refractivity contribution is -0.131. The molecule has 0 saturated heterocycles. The molecular formula is C25H23FN6O4. The smallest absolute Gasteiger partial charge is 0.352 e. The number of pyridine rings is 1. The van der Waals surface area contributed by atoms with Gasteiger partial charge in [-0.2, -0.15) is 0 Å². The number of H-pyrrole nitrogens is 1. The van der Waals surface area contributed by atoms with Crippen LogP contribution in [0.2, 0.25) is 0 Å². The number of aryl methyl sites for hydroxylation is 1. The first-order chi connectivity index (χ1) is 17.5. The van der Waals surface area contributed by atoms with E-state index in [0.29, 0.717) is 47.3 Å². The number of halogens is 1. The molecule has 1 aliphatic heterocycles. The third-order valence-corrected chi connectivity index (χ3v) is 6.25. The topological polar surface area (TPSA) is 126 Å². The molecule has 0 spiro atoms. The molecule has 2 N–H and O–H groups in total. The Morgan fingerprint density at radius 3 is 2.83 bits per heavy atom. The summed E-state index contributed by atoms with van der Waals surface area (Å²) in [6.07, 6.45) is 9.14. The van der Waals surface area contributed by atoms with Gasteiger partial charge in [0, 0.05) is 54.6 Å². The molecule has 1 aliphatic rings. The summed E-state index contributed by atoms with van der Waals surface area (Å²) in [7, 11) is 1.52. The molecule has 1 aromatic carbocycles. The number of aromatic nitrogens is 5. The van der Waals surface area contributed by atoms with E-state index in [1.165, 1.54) is 13.2 Å². The molecule has 36 heavy (non-hydrogen) atoms.